The zero-order valence-electron chi connectivity index (χ0n) is 35.5. The summed E-state index contributed by atoms with van der Waals surface area (Å²) in [5.74, 6) is 0.439. The van der Waals surface area contributed by atoms with Gasteiger partial charge >= 0.3 is 0 Å². The van der Waals surface area contributed by atoms with Gasteiger partial charge in [-0.15, -0.1) is 0 Å². The van der Waals surface area contributed by atoms with E-state index in [2.05, 4.69) is 182 Å². The van der Waals surface area contributed by atoms with Crippen molar-refractivity contribution in [2.75, 3.05) is 84.6 Å². The molecule has 0 radical (unpaired) electrons. The second-order valence-corrected chi connectivity index (χ2v) is 15.4. The van der Waals surface area contributed by atoms with Crippen LogP contribution in [0.25, 0.3) is 0 Å². The Bertz CT molecular complexity index is 940. The second-order valence-electron chi connectivity index (χ2n) is 15.4. The van der Waals surface area contributed by atoms with Crippen molar-refractivity contribution in [2.45, 2.75) is 137 Å². The summed E-state index contributed by atoms with van der Waals surface area (Å²) in [6.07, 6.45) is 7.56. The maximum Gasteiger partial charge on any atom is 0.124 e. The Morgan fingerprint density at radius 3 is 0.776 bits per heavy atom. The maximum atomic E-state index is 12.4. The van der Waals surface area contributed by atoms with Crippen molar-refractivity contribution in [2.24, 2.45) is 0 Å². The van der Waals surface area contributed by atoms with Gasteiger partial charge < -0.3 is 5.11 Å². The predicted molar refractivity (Wildman–Crippen MR) is 211 cm³/mol. The molecule has 0 spiro atoms. The largest absolute Gasteiger partial charge is 0.507 e. The van der Waals surface area contributed by atoms with Crippen LogP contribution in [0, 0.1) is 0 Å². The summed E-state index contributed by atoms with van der Waals surface area (Å²) >= 11 is 0. The number of benzene rings is 1. The summed E-state index contributed by atoms with van der Waals surface area (Å²) in [7, 11) is 26.2. The lowest BCUT2D eigenvalue weighted by atomic mass is 10.00. The highest BCUT2D eigenvalue weighted by atomic mass is 16.3. The molecule has 6 atom stereocenters. The first-order valence-corrected chi connectivity index (χ1v) is 19.0. The first-order chi connectivity index (χ1) is 22.9. The number of nitrogens with zero attached hydrogens (tertiary/aromatic N) is 9. The maximum absolute atomic E-state index is 12.4. The zero-order chi connectivity index (χ0) is 37.7. The Labute approximate surface area is 304 Å². The first-order valence-electron chi connectivity index (χ1n) is 19.0. The molecule has 0 heterocycles. The van der Waals surface area contributed by atoms with Gasteiger partial charge in [-0.1, -0.05) is 41.5 Å². The van der Waals surface area contributed by atoms with E-state index < -0.39 is 0 Å². The fourth-order valence-corrected chi connectivity index (χ4v) is 8.37. The van der Waals surface area contributed by atoms with E-state index in [1.165, 1.54) is 5.56 Å². The lowest BCUT2D eigenvalue weighted by Crippen LogP contribution is -2.54. The van der Waals surface area contributed by atoms with Crippen LogP contribution in [0.1, 0.15) is 96.8 Å². The number of rotatable bonds is 24. The minimum absolute atomic E-state index is 0.236. The van der Waals surface area contributed by atoms with Crippen LogP contribution in [0.3, 0.4) is 0 Å². The Hall–Kier alpha value is -1.34. The molecular formula is C39H81N9O. The van der Waals surface area contributed by atoms with E-state index in [0.717, 1.165) is 56.2 Å². The molecule has 1 rings (SSSR count). The highest BCUT2D eigenvalue weighted by molar-refractivity contribution is 5.44. The van der Waals surface area contributed by atoms with Crippen LogP contribution in [0.2, 0.25) is 0 Å². The third kappa shape index (κ3) is 12.4. The van der Waals surface area contributed by atoms with E-state index in [1.54, 1.807) is 0 Å². The molecule has 49 heavy (non-hydrogen) atoms. The van der Waals surface area contributed by atoms with Gasteiger partial charge in [0.15, 0.2) is 0 Å². The lowest BCUT2D eigenvalue weighted by molar-refractivity contribution is -0.0292. The number of hydrogen-bond acceptors (Lipinski definition) is 10. The van der Waals surface area contributed by atoms with Crippen molar-refractivity contribution < 1.29 is 5.11 Å². The van der Waals surface area contributed by atoms with Gasteiger partial charge in [-0.2, -0.15) is 0 Å². The van der Waals surface area contributed by atoms with Crippen LogP contribution in [-0.2, 0) is 19.6 Å². The smallest absolute Gasteiger partial charge is 0.124 e. The molecule has 1 N–H and O–H groups in total. The normalized spacial score (nSPS) is 16.7. The Morgan fingerprint density at radius 1 is 0.388 bits per heavy atom. The number of aromatic hydroxyl groups is 1. The van der Waals surface area contributed by atoms with E-state index in [-0.39, 0.29) is 37.0 Å². The standard InChI is InChI=1S/C39H81N9O/c1-19-33(40(7)8)46(34(20-2)41(9)10)27-30-25-31(28-47(35(21-3)42(11)12)36(22-4)43(13)14)39(49)32(26-30)29-48(37(23-5)44(15)16)38(24-6)45(17)18/h25-26,33-38,49H,19-24,27-29H2,1-18H3. The molecule has 0 fully saturated rings. The summed E-state index contributed by atoms with van der Waals surface area (Å²) < 4.78 is 0. The van der Waals surface area contributed by atoms with Crippen LogP contribution in [-0.4, -0.2) is 171 Å². The SMILES string of the molecule is CCC(N(C)C)N(Cc1cc(CN(C(CC)N(C)C)C(CC)N(C)C)c(O)c(CN(C(CC)N(C)C)C(CC)N(C)C)c1)C(CC)N(C)C. The Morgan fingerprint density at radius 2 is 0.592 bits per heavy atom. The zero-order valence-corrected chi connectivity index (χ0v) is 35.5. The molecular weight excluding hydrogens is 610 g/mol. The van der Waals surface area contributed by atoms with Crippen LogP contribution < -0.4 is 0 Å². The summed E-state index contributed by atoms with van der Waals surface area (Å²) in [4.78, 5) is 21.9. The average molecular weight is 692 g/mol. The van der Waals surface area contributed by atoms with E-state index in [4.69, 9.17) is 0 Å². The van der Waals surface area contributed by atoms with Crippen molar-refractivity contribution >= 4 is 0 Å². The minimum Gasteiger partial charge on any atom is -0.507 e. The topological polar surface area (TPSA) is 49.4 Å². The lowest BCUT2D eigenvalue weighted by Gasteiger charge is -2.45. The summed E-state index contributed by atoms with van der Waals surface area (Å²) in [6.45, 7) is 15.8. The predicted octanol–water partition coefficient (Wildman–Crippen LogP) is 5.58. The quantitative estimate of drug-likeness (QED) is 0.139. The molecule has 0 aromatic heterocycles. The Kier molecular flexibility index (Phi) is 20.4. The third-order valence-electron chi connectivity index (χ3n) is 10.5. The fourth-order valence-electron chi connectivity index (χ4n) is 8.37. The van der Waals surface area contributed by atoms with Crippen molar-refractivity contribution in [3.05, 3.63) is 28.8 Å². The molecule has 6 unspecified atom stereocenters. The minimum atomic E-state index is 0.236. The molecule has 1 aromatic rings. The van der Waals surface area contributed by atoms with Gasteiger partial charge in [-0.05, 0) is 141 Å². The first kappa shape index (κ1) is 45.7. The van der Waals surface area contributed by atoms with E-state index in [0.29, 0.717) is 18.8 Å². The number of phenols is 1. The fraction of sp³-hybridized carbons (Fsp3) is 0.846. The van der Waals surface area contributed by atoms with E-state index in [1.807, 2.05) is 0 Å². The van der Waals surface area contributed by atoms with Gasteiger partial charge in [-0.25, -0.2) is 0 Å². The molecule has 1 aromatic carbocycles. The highest BCUT2D eigenvalue weighted by Gasteiger charge is 2.33. The summed E-state index contributed by atoms with van der Waals surface area (Å²) in [6, 6.07) is 4.62. The van der Waals surface area contributed by atoms with Gasteiger partial charge in [0.25, 0.3) is 0 Å². The molecule has 0 aliphatic carbocycles. The van der Waals surface area contributed by atoms with Gasteiger partial charge in [0, 0.05) is 30.8 Å². The van der Waals surface area contributed by atoms with Gasteiger partial charge in [-0.3, -0.25) is 44.1 Å². The molecule has 288 valence electrons. The van der Waals surface area contributed by atoms with Crippen molar-refractivity contribution in [3.8, 4) is 5.75 Å². The average Bonchev–Trinajstić information content (AvgIpc) is 3.00. The number of phenolic OH excluding ortho intramolecular Hbond substituents is 1. The second kappa shape index (κ2) is 21.9. The van der Waals surface area contributed by atoms with Gasteiger partial charge in [0.1, 0.15) is 5.75 Å². The highest BCUT2D eigenvalue weighted by Crippen LogP contribution is 2.33. The number of hydrogen-bond donors (Lipinski definition) is 1. The summed E-state index contributed by atoms with van der Waals surface area (Å²) in [5.41, 5.74) is 3.29. The van der Waals surface area contributed by atoms with Crippen LogP contribution in [0.5, 0.6) is 5.75 Å². The van der Waals surface area contributed by atoms with Gasteiger partial charge in [0.2, 0.25) is 0 Å². The molecule has 0 aliphatic heterocycles. The van der Waals surface area contributed by atoms with Crippen molar-refractivity contribution in [3.63, 3.8) is 0 Å². The Balaban J connectivity index is 4.13. The third-order valence-corrected chi connectivity index (χ3v) is 10.5. The van der Waals surface area contributed by atoms with Gasteiger partial charge in [0.05, 0.1) is 37.0 Å². The van der Waals surface area contributed by atoms with Crippen LogP contribution in [0.15, 0.2) is 12.1 Å². The molecule has 0 saturated carbocycles. The molecule has 0 aliphatic rings. The molecule has 10 heteroatoms. The molecule has 0 saturated heterocycles. The summed E-state index contributed by atoms with van der Waals surface area (Å²) in [5, 5.41) is 12.4. The van der Waals surface area contributed by atoms with Crippen LogP contribution in [0.4, 0.5) is 0 Å². The van der Waals surface area contributed by atoms with Crippen molar-refractivity contribution in [1.82, 2.24) is 44.1 Å². The van der Waals surface area contributed by atoms with E-state index in [9.17, 15) is 5.11 Å². The monoisotopic (exact) mass is 692 g/mol. The molecule has 0 bridgehead atoms. The van der Waals surface area contributed by atoms with E-state index >= 15 is 0 Å². The molecule has 10 nitrogen and oxygen atoms in total. The molecule has 0 amide bonds. The van der Waals surface area contributed by atoms with Crippen LogP contribution >= 0.6 is 0 Å². The van der Waals surface area contributed by atoms with Crippen molar-refractivity contribution in [1.29, 1.82) is 0 Å².